The molecular formula is C20H13F5N2O4. The molecule has 0 aliphatic rings. The minimum atomic E-state index is -4.84. The number of carbonyl (C=O) groups excluding carboxylic acids is 2. The highest BCUT2D eigenvalue weighted by atomic mass is 19.4. The third-order valence-electron chi connectivity index (χ3n) is 3.92. The van der Waals surface area contributed by atoms with E-state index in [9.17, 15) is 31.5 Å². The summed E-state index contributed by atoms with van der Waals surface area (Å²) in [7, 11) is 0. The van der Waals surface area contributed by atoms with Crippen LogP contribution in [0.15, 0.2) is 65.3 Å². The zero-order valence-corrected chi connectivity index (χ0v) is 15.4. The van der Waals surface area contributed by atoms with Crippen molar-refractivity contribution in [3.63, 3.8) is 0 Å². The average molecular weight is 440 g/mol. The molecule has 162 valence electrons. The molecule has 1 heterocycles. The van der Waals surface area contributed by atoms with E-state index in [4.69, 9.17) is 4.42 Å². The summed E-state index contributed by atoms with van der Waals surface area (Å²) in [4.78, 5) is 24.3. The molecule has 0 spiro atoms. The van der Waals surface area contributed by atoms with E-state index < -0.39 is 35.9 Å². The van der Waals surface area contributed by atoms with Crippen LogP contribution in [0, 0.1) is 0 Å². The van der Waals surface area contributed by atoms with E-state index in [2.05, 4.69) is 15.4 Å². The fourth-order valence-electron chi connectivity index (χ4n) is 2.55. The van der Waals surface area contributed by atoms with Gasteiger partial charge in [0, 0.05) is 11.3 Å². The van der Waals surface area contributed by atoms with Crippen LogP contribution in [0.5, 0.6) is 5.75 Å². The molecule has 0 saturated heterocycles. The Bertz CT molecular complexity index is 1060. The van der Waals surface area contributed by atoms with Gasteiger partial charge >= 0.3 is 12.8 Å². The number of anilines is 2. The lowest BCUT2D eigenvalue weighted by Crippen LogP contribution is -2.18. The van der Waals surface area contributed by atoms with Crippen molar-refractivity contribution in [1.29, 1.82) is 0 Å². The molecule has 3 rings (SSSR count). The lowest BCUT2D eigenvalue weighted by Gasteiger charge is -2.16. The van der Waals surface area contributed by atoms with Gasteiger partial charge in [-0.2, -0.15) is 22.0 Å². The first kappa shape index (κ1) is 21.8. The number of furan rings is 1. The number of benzene rings is 2. The maximum atomic E-state index is 13.5. The minimum absolute atomic E-state index is 0.0788. The van der Waals surface area contributed by atoms with Crippen molar-refractivity contribution in [2.24, 2.45) is 0 Å². The Morgan fingerprint density at radius 3 is 2.23 bits per heavy atom. The van der Waals surface area contributed by atoms with Crippen molar-refractivity contribution in [3.05, 3.63) is 77.7 Å². The molecule has 1 aromatic heterocycles. The molecule has 0 aliphatic heterocycles. The summed E-state index contributed by atoms with van der Waals surface area (Å²) in [6.45, 7) is -3.05. The molecule has 2 amide bonds. The van der Waals surface area contributed by atoms with Crippen LogP contribution >= 0.6 is 0 Å². The number of carbonyl (C=O) groups is 2. The standard InChI is InChI=1S/C20H13F5N2O4/c21-19(22)31-13-6-3-11(4-7-13)17(28)27-15-8-5-12(10-14(15)20(23,24)25)26-18(29)16-2-1-9-30-16/h1-10,19H,(H,26,29)(H,27,28). The van der Waals surface area contributed by atoms with Crippen LogP contribution in [-0.2, 0) is 6.18 Å². The molecule has 3 aromatic rings. The molecule has 0 aliphatic carbocycles. The quantitative estimate of drug-likeness (QED) is 0.503. The fourth-order valence-corrected chi connectivity index (χ4v) is 2.55. The number of alkyl halides is 5. The maximum absolute atomic E-state index is 13.5. The van der Waals surface area contributed by atoms with E-state index >= 15 is 0 Å². The summed E-state index contributed by atoms with van der Waals surface area (Å²) in [5.41, 5.74) is -2.00. The number of nitrogens with one attached hydrogen (secondary N) is 2. The molecule has 0 fully saturated rings. The molecule has 11 heteroatoms. The van der Waals surface area contributed by atoms with Gasteiger partial charge in [-0.1, -0.05) is 0 Å². The minimum Gasteiger partial charge on any atom is -0.459 e. The van der Waals surface area contributed by atoms with Crippen molar-refractivity contribution in [2.45, 2.75) is 12.8 Å². The third kappa shape index (κ3) is 5.59. The summed E-state index contributed by atoms with van der Waals surface area (Å²) >= 11 is 0. The van der Waals surface area contributed by atoms with Crippen molar-refractivity contribution < 1.29 is 40.7 Å². The number of hydrogen-bond donors (Lipinski definition) is 2. The Morgan fingerprint density at radius 1 is 0.935 bits per heavy atom. The van der Waals surface area contributed by atoms with Crippen molar-refractivity contribution in [1.82, 2.24) is 0 Å². The van der Waals surface area contributed by atoms with Crippen LogP contribution < -0.4 is 15.4 Å². The number of halogens is 5. The van der Waals surface area contributed by atoms with E-state index in [0.29, 0.717) is 6.07 Å². The smallest absolute Gasteiger partial charge is 0.418 e. The molecule has 2 aromatic carbocycles. The monoisotopic (exact) mass is 440 g/mol. The first-order valence-electron chi connectivity index (χ1n) is 8.56. The molecule has 0 atom stereocenters. The van der Waals surface area contributed by atoms with E-state index in [-0.39, 0.29) is 22.8 Å². The topological polar surface area (TPSA) is 80.6 Å². The van der Waals surface area contributed by atoms with Crippen LogP contribution in [0.4, 0.5) is 33.3 Å². The van der Waals surface area contributed by atoms with Gasteiger partial charge in [0.15, 0.2) is 5.76 Å². The number of rotatable bonds is 6. The second-order valence-electron chi connectivity index (χ2n) is 6.05. The van der Waals surface area contributed by atoms with Gasteiger partial charge in [-0.3, -0.25) is 9.59 Å². The largest absolute Gasteiger partial charge is 0.459 e. The molecule has 31 heavy (non-hydrogen) atoms. The Morgan fingerprint density at radius 2 is 1.65 bits per heavy atom. The Hall–Kier alpha value is -3.89. The highest BCUT2D eigenvalue weighted by molar-refractivity contribution is 6.05. The Labute approximate surface area is 171 Å². The van der Waals surface area contributed by atoms with Crippen LogP contribution in [0.3, 0.4) is 0 Å². The van der Waals surface area contributed by atoms with E-state index in [1.807, 2.05) is 0 Å². The number of hydrogen-bond acceptors (Lipinski definition) is 4. The second kappa shape index (κ2) is 8.86. The lowest BCUT2D eigenvalue weighted by atomic mass is 10.1. The summed E-state index contributed by atoms with van der Waals surface area (Å²) in [6.07, 6.45) is -3.61. The summed E-state index contributed by atoms with van der Waals surface area (Å²) in [5, 5.41) is 4.39. The molecule has 0 bridgehead atoms. The SMILES string of the molecule is O=C(Nc1ccc(NC(=O)c2ccco2)cc1C(F)(F)F)c1ccc(OC(F)F)cc1. The second-order valence-corrected chi connectivity index (χ2v) is 6.05. The van der Waals surface area contributed by atoms with Crippen molar-refractivity contribution in [2.75, 3.05) is 10.6 Å². The summed E-state index contributed by atoms with van der Waals surface area (Å²) in [6, 6.07) is 10.0. The van der Waals surface area contributed by atoms with Gasteiger partial charge in [-0.05, 0) is 54.6 Å². The van der Waals surface area contributed by atoms with E-state index in [1.165, 1.54) is 24.5 Å². The summed E-state index contributed by atoms with van der Waals surface area (Å²) in [5.74, 6) is -1.95. The Kier molecular flexibility index (Phi) is 6.23. The van der Waals surface area contributed by atoms with Gasteiger partial charge in [-0.15, -0.1) is 0 Å². The van der Waals surface area contributed by atoms with Crippen LogP contribution in [0.25, 0.3) is 0 Å². The Balaban J connectivity index is 1.80. The van der Waals surface area contributed by atoms with Crippen molar-refractivity contribution in [3.8, 4) is 5.75 Å². The average Bonchev–Trinajstić information content (AvgIpc) is 3.23. The van der Waals surface area contributed by atoms with E-state index in [1.54, 1.807) is 0 Å². The maximum Gasteiger partial charge on any atom is 0.418 e. The highest BCUT2D eigenvalue weighted by Crippen LogP contribution is 2.37. The predicted molar refractivity (Wildman–Crippen MR) is 99.1 cm³/mol. The first-order valence-corrected chi connectivity index (χ1v) is 8.56. The molecule has 0 saturated carbocycles. The zero-order valence-electron chi connectivity index (χ0n) is 15.4. The van der Waals surface area contributed by atoms with Crippen molar-refractivity contribution >= 4 is 23.2 Å². The van der Waals surface area contributed by atoms with Gasteiger partial charge in [-0.25, -0.2) is 0 Å². The molecule has 6 nitrogen and oxygen atoms in total. The van der Waals surface area contributed by atoms with Gasteiger partial charge in [0.25, 0.3) is 11.8 Å². The number of amides is 2. The molecule has 0 radical (unpaired) electrons. The van der Waals surface area contributed by atoms with Crippen LogP contribution in [0.1, 0.15) is 26.5 Å². The van der Waals surface area contributed by atoms with Crippen LogP contribution in [-0.4, -0.2) is 18.4 Å². The van der Waals surface area contributed by atoms with Gasteiger partial charge in [0.2, 0.25) is 0 Å². The zero-order chi connectivity index (χ0) is 22.6. The third-order valence-corrected chi connectivity index (χ3v) is 3.92. The lowest BCUT2D eigenvalue weighted by molar-refractivity contribution is -0.136. The van der Waals surface area contributed by atoms with Crippen LogP contribution in [0.2, 0.25) is 0 Å². The van der Waals surface area contributed by atoms with Gasteiger partial charge < -0.3 is 19.8 Å². The van der Waals surface area contributed by atoms with Gasteiger partial charge in [0.1, 0.15) is 5.75 Å². The highest BCUT2D eigenvalue weighted by Gasteiger charge is 2.34. The number of ether oxygens (including phenoxy) is 1. The summed E-state index contributed by atoms with van der Waals surface area (Å²) < 4.78 is 73.9. The normalized spacial score (nSPS) is 11.3. The predicted octanol–water partition coefficient (Wildman–Crippen LogP) is 5.40. The molecule has 0 unspecified atom stereocenters. The first-order chi connectivity index (χ1) is 14.6. The van der Waals surface area contributed by atoms with E-state index in [0.717, 1.165) is 30.3 Å². The van der Waals surface area contributed by atoms with Gasteiger partial charge in [0.05, 0.1) is 17.5 Å². The molecular weight excluding hydrogens is 427 g/mol. The fraction of sp³-hybridized carbons (Fsp3) is 0.100. The molecule has 2 N–H and O–H groups in total.